The largest absolute Gasteiger partial charge is 0.460 e. The second-order valence-corrected chi connectivity index (χ2v) is 2.85. The number of benzene rings is 1. The van der Waals surface area contributed by atoms with Crippen molar-refractivity contribution >= 4 is 5.97 Å². The summed E-state index contributed by atoms with van der Waals surface area (Å²) in [7, 11) is 0. The fraction of sp³-hybridized carbons (Fsp3) is 0.300. The average Bonchev–Trinajstić information content (AvgIpc) is 2.16. The molecule has 2 N–H and O–H groups in total. The summed E-state index contributed by atoms with van der Waals surface area (Å²) in [6, 6.07) is 7.81. The number of esters is 1. The molecular formula is C10H13NO2. The van der Waals surface area contributed by atoms with Gasteiger partial charge in [-0.3, -0.25) is 4.79 Å². The summed E-state index contributed by atoms with van der Waals surface area (Å²) in [5, 5.41) is 0. The number of rotatable bonds is 3. The summed E-state index contributed by atoms with van der Waals surface area (Å²) in [5.74, 6) is -0.374. The molecule has 0 fully saturated rings. The van der Waals surface area contributed by atoms with Crippen molar-refractivity contribution in [1.82, 2.24) is 0 Å². The van der Waals surface area contributed by atoms with Crippen LogP contribution in [0.1, 0.15) is 11.1 Å². The minimum Gasteiger partial charge on any atom is -0.460 e. The van der Waals surface area contributed by atoms with Crippen molar-refractivity contribution in [1.29, 1.82) is 0 Å². The minimum atomic E-state index is -0.374. The van der Waals surface area contributed by atoms with Gasteiger partial charge in [0.25, 0.3) is 0 Å². The SMILES string of the molecule is Cc1ccc(COC(=O)CN)cc1. The number of carbonyl (C=O) groups excluding carboxylic acids is 1. The van der Waals surface area contributed by atoms with Crippen molar-refractivity contribution in [3.8, 4) is 0 Å². The molecule has 1 rings (SSSR count). The van der Waals surface area contributed by atoms with Gasteiger partial charge in [-0.15, -0.1) is 0 Å². The van der Waals surface area contributed by atoms with Crippen molar-refractivity contribution in [3.05, 3.63) is 35.4 Å². The van der Waals surface area contributed by atoms with Crippen LogP contribution in [0, 0.1) is 6.92 Å². The zero-order chi connectivity index (χ0) is 9.68. The highest BCUT2D eigenvalue weighted by molar-refractivity contribution is 5.71. The van der Waals surface area contributed by atoms with E-state index in [-0.39, 0.29) is 12.5 Å². The van der Waals surface area contributed by atoms with Crippen molar-refractivity contribution in [3.63, 3.8) is 0 Å². The van der Waals surface area contributed by atoms with Gasteiger partial charge >= 0.3 is 5.97 Å². The quantitative estimate of drug-likeness (QED) is 0.704. The summed E-state index contributed by atoms with van der Waals surface area (Å²) >= 11 is 0. The summed E-state index contributed by atoms with van der Waals surface area (Å²) in [6.45, 7) is 2.25. The molecule has 0 heterocycles. The van der Waals surface area contributed by atoms with Gasteiger partial charge in [-0.25, -0.2) is 0 Å². The molecule has 0 amide bonds. The van der Waals surface area contributed by atoms with Gasteiger partial charge in [-0.05, 0) is 12.5 Å². The number of carbonyl (C=O) groups is 1. The van der Waals surface area contributed by atoms with Crippen LogP contribution in [-0.2, 0) is 16.1 Å². The highest BCUT2D eigenvalue weighted by atomic mass is 16.5. The molecule has 1 aromatic carbocycles. The number of nitrogens with two attached hydrogens (primary N) is 1. The van der Waals surface area contributed by atoms with Crippen LogP contribution in [0.5, 0.6) is 0 Å². The molecule has 0 unspecified atom stereocenters. The Morgan fingerprint density at radius 2 is 2.00 bits per heavy atom. The van der Waals surface area contributed by atoms with Crippen LogP contribution in [0.25, 0.3) is 0 Å². The smallest absolute Gasteiger partial charge is 0.320 e. The second-order valence-electron chi connectivity index (χ2n) is 2.85. The van der Waals surface area contributed by atoms with E-state index in [1.54, 1.807) is 0 Å². The van der Waals surface area contributed by atoms with Crippen molar-refractivity contribution < 1.29 is 9.53 Å². The molecule has 0 radical (unpaired) electrons. The molecule has 0 aliphatic heterocycles. The normalized spacial score (nSPS) is 9.69. The highest BCUT2D eigenvalue weighted by Crippen LogP contribution is 2.04. The lowest BCUT2D eigenvalue weighted by Gasteiger charge is -2.03. The lowest BCUT2D eigenvalue weighted by Crippen LogP contribution is -2.16. The first-order valence-electron chi connectivity index (χ1n) is 4.13. The molecule has 3 heteroatoms. The monoisotopic (exact) mass is 179 g/mol. The maximum Gasteiger partial charge on any atom is 0.320 e. The average molecular weight is 179 g/mol. The topological polar surface area (TPSA) is 52.3 Å². The highest BCUT2D eigenvalue weighted by Gasteiger charge is 1.98. The Labute approximate surface area is 77.5 Å². The van der Waals surface area contributed by atoms with Gasteiger partial charge in [-0.2, -0.15) is 0 Å². The molecule has 3 nitrogen and oxygen atoms in total. The molecule has 0 aliphatic carbocycles. The molecule has 0 aliphatic rings. The van der Waals surface area contributed by atoms with Crippen LogP contribution >= 0.6 is 0 Å². The van der Waals surface area contributed by atoms with E-state index in [9.17, 15) is 4.79 Å². The molecule has 0 saturated heterocycles. The Kier molecular flexibility index (Phi) is 3.46. The number of hydrogen-bond acceptors (Lipinski definition) is 3. The van der Waals surface area contributed by atoms with Gasteiger partial charge in [0, 0.05) is 0 Å². The van der Waals surface area contributed by atoms with Crippen LogP contribution in [0.15, 0.2) is 24.3 Å². The Balaban J connectivity index is 2.46. The van der Waals surface area contributed by atoms with Gasteiger partial charge in [0.1, 0.15) is 6.61 Å². The first kappa shape index (κ1) is 9.74. The molecule has 1 aromatic rings. The van der Waals surface area contributed by atoms with Crippen LogP contribution in [0.2, 0.25) is 0 Å². The zero-order valence-corrected chi connectivity index (χ0v) is 7.62. The summed E-state index contributed by atoms with van der Waals surface area (Å²) < 4.78 is 4.85. The fourth-order valence-electron chi connectivity index (χ4n) is 0.907. The summed E-state index contributed by atoms with van der Waals surface area (Å²) in [4.78, 5) is 10.7. The Hall–Kier alpha value is -1.35. The third-order valence-corrected chi connectivity index (χ3v) is 1.69. The predicted octanol–water partition coefficient (Wildman–Crippen LogP) is 0.997. The van der Waals surface area contributed by atoms with Crippen molar-refractivity contribution in [2.75, 3.05) is 6.54 Å². The third-order valence-electron chi connectivity index (χ3n) is 1.69. The molecular weight excluding hydrogens is 166 g/mol. The van der Waals surface area contributed by atoms with E-state index < -0.39 is 0 Å². The first-order valence-corrected chi connectivity index (χ1v) is 4.13. The van der Waals surface area contributed by atoms with Crippen LogP contribution in [0.4, 0.5) is 0 Å². The van der Waals surface area contributed by atoms with E-state index in [1.807, 2.05) is 31.2 Å². The zero-order valence-electron chi connectivity index (χ0n) is 7.62. The Bertz CT molecular complexity index is 279. The van der Waals surface area contributed by atoms with Crippen molar-refractivity contribution in [2.24, 2.45) is 5.73 Å². The maximum atomic E-state index is 10.7. The van der Waals surface area contributed by atoms with E-state index in [0.29, 0.717) is 6.61 Å². The standard InChI is InChI=1S/C10H13NO2/c1-8-2-4-9(5-3-8)7-13-10(12)6-11/h2-5H,6-7,11H2,1H3. The van der Waals surface area contributed by atoms with Crippen LogP contribution in [0.3, 0.4) is 0 Å². The molecule has 70 valence electrons. The van der Waals surface area contributed by atoms with Gasteiger partial charge in [-0.1, -0.05) is 29.8 Å². The molecule has 0 atom stereocenters. The van der Waals surface area contributed by atoms with E-state index in [1.165, 1.54) is 5.56 Å². The van der Waals surface area contributed by atoms with E-state index >= 15 is 0 Å². The number of ether oxygens (including phenoxy) is 1. The fourth-order valence-corrected chi connectivity index (χ4v) is 0.907. The van der Waals surface area contributed by atoms with E-state index in [2.05, 4.69) is 0 Å². The van der Waals surface area contributed by atoms with Gasteiger partial charge in [0.05, 0.1) is 6.54 Å². The number of aryl methyl sites for hydroxylation is 1. The molecule has 0 aromatic heterocycles. The minimum absolute atomic E-state index is 0.0636. The molecule has 0 spiro atoms. The van der Waals surface area contributed by atoms with Crippen LogP contribution < -0.4 is 5.73 Å². The van der Waals surface area contributed by atoms with E-state index in [0.717, 1.165) is 5.56 Å². The van der Waals surface area contributed by atoms with Crippen LogP contribution in [-0.4, -0.2) is 12.5 Å². The summed E-state index contributed by atoms with van der Waals surface area (Å²) in [6.07, 6.45) is 0. The lowest BCUT2D eigenvalue weighted by molar-refractivity contribution is -0.143. The maximum absolute atomic E-state index is 10.7. The summed E-state index contributed by atoms with van der Waals surface area (Å²) in [5.41, 5.74) is 7.25. The van der Waals surface area contributed by atoms with Crippen molar-refractivity contribution in [2.45, 2.75) is 13.5 Å². The molecule has 13 heavy (non-hydrogen) atoms. The van der Waals surface area contributed by atoms with E-state index in [4.69, 9.17) is 10.5 Å². The number of hydrogen-bond donors (Lipinski definition) is 1. The van der Waals surface area contributed by atoms with Gasteiger partial charge in [0.2, 0.25) is 0 Å². The first-order chi connectivity index (χ1) is 6.22. The van der Waals surface area contributed by atoms with Gasteiger partial charge < -0.3 is 10.5 Å². The predicted molar refractivity (Wildman–Crippen MR) is 50.0 cm³/mol. The lowest BCUT2D eigenvalue weighted by atomic mass is 10.2. The Morgan fingerprint density at radius 3 is 2.54 bits per heavy atom. The molecule has 0 bridgehead atoms. The second kappa shape index (κ2) is 4.62. The molecule has 0 saturated carbocycles. The Morgan fingerprint density at radius 1 is 1.38 bits per heavy atom. The van der Waals surface area contributed by atoms with Gasteiger partial charge in [0.15, 0.2) is 0 Å². The third kappa shape index (κ3) is 3.25.